The Balaban J connectivity index is 1.41. The van der Waals surface area contributed by atoms with Gasteiger partial charge in [0.25, 0.3) is 0 Å². The highest BCUT2D eigenvalue weighted by Crippen LogP contribution is 2.30. The van der Waals surface area contributed by atoms with E-state index in [9.17, 15) is 4.79 Å². The van der Waals surface area contributed by atoms with Crippen LogP contribution < -0.4 is 5.32 Å². The first-order valence-corrected chi connectivity index (χ1v) is 10.6. The molecule has 0 radical (unpaired) electrons. The number of aromatic nitrogens is 1. The van der Waals surface area contributed by atoms with Crippen LogP contribution >= 0.6 is 11.3 Å². The molecular weight excluding hydrogens is 352 g/mol. The monoisotopic (exact) mass is 376 g/mol. The Labute approximate surface area is 164 Å². The van der Waals surface area contributed by atoms with Crippen LogP contribution in [0.15, 0.2) is 60.0 Å². The molecular formula is C23H24N2OS. The minimum absolute atomic E-state index is 0.113. The van der Waals surface area contributed by atoms with Crippen molar-refractivity contribution in [2.45, 2.75) is 38.5 Å². The molecule has 1 heterocycles. The summed E-state index contributed by atoms with van der Waals surface area (Å²) in [5.41, 5.74) is 3.95. The molecule has 0 aliphatic heterocycles. The predicted molar refractivity (Wildman–Crippen MR) is 113 cm³/mol. The van der Waals surface area contributed by atoms with Crippen molar-refractivity contribution in [3.05, 3.63) is 60.0 Å². The van der Waals surface area contributed by atoms with Crippen molar-refractivity contribution < 1.29 is 4.79 Å². The van der Waals surface area contributed by atoms with Gasteiger partial charge in [-0.25, -0.2) is 4.98 Å². The zero-order valence-electron chi connectivity index (χ0n) is 15.4. The van der Waals surface area contributed by atoms with Gasteiger partial charge in [0.2, 0.25) is 5.91 Å². The van der Waals surface area contributed by atoms with Gasteiger partial charge in [-0.2, -0.15) is 0 Å². The molecule has 3 aromatic rings. The summed E-state index contributed by atoms with van der Waals surface area (Å²) in [6, 6.07) is 18.2. The maximum atomic E-state index is 12.3. The van der Waals surface area contributed by atoms with Crippen molar-refractivity contribution in [2.24, 2.45) is 5.92 Å². The third-order valence-corrected chi connectivity index (χ3v) is 6.11. The number of hydrogen-bond donors (Lipinski definition) is 1. The molecule has 0 spiro atoms. The average molecular weight is 377 g/mol. The van der Waals surface area contributed by atoms with Crippen LogP contribution in [0.5, 0.6) is 0 Å². The van der Waals surface area contributed by atoms with Gasteiger partial charge in [0.1, 0.15) is 5.01 Å². The van der Waals surface area contributed by atoms with E-state index in [0.717, 1.165) is 39.9 Å². The van der Waals surface area contributed by atoms with Crippen molar-refractivity contribution in [3.8, 4) is 21.8 Å². The molecule has 0 atom stereocenters. The lowest BCUT2D eigenvalue weighted by Gasteiger charge is -2.09. The molecule has 1 aromatic heterocycles. The van der Waals surface area contributed by atoms with Gasteiger partial charge in [-0.15, -0.1) is 11.3 Å². The Morgan fingerprint density at radius 2 is 1.81 bits per heavy atom. The molecule has 1 fully saturated rings. The Kier molecular flexibility index (Phi) is 5.64. The summed E-state index contributed by atoms with van der Waals surface area (Å²) in [5.74, 6) is 0.857. The number of rotatable bonds is 6. The van der Waals surface area contributed by atoms with Gasteiger partial charge in [0.15, 0.2) is 0 Å². The molecule has 0 bridgehead atoms. The van der Waals surface area contributed by atoms with Crippen molar-refractivity contribution in [1.82, 2.24) is 4.98 Å². The Morgan fingerprint density at radius 1 is 1.04 bits per heavy atom. The van der Waals surface area contributed by atoms with Crippen LogP contribution in [-0.2, 0) is 4.79 Å². The molecule has 1 saturated carbocycles. The second kappa shape index (κ2) is 8.49. The highest BCUT2D eigenvalue weighted by atomic mass is 32.1. The van der Waals surface area contributed by atoms with E-state index in [1.165, 1.54) is 25.7 Å². The van der Waals surface area contributed by atoms with Crippen LogP contribution in [0.25, 0.3) is 21.8 Å². The standard InChI is InChI=1S/C23H24N2OS/c26-22(14-13-17-7-4-5-8-17)24-20-12-6-11-19(15-20)21-16-27-23(25-21)18-9-2-1-3-10-18/h1-3,6,9-12,15-17H,4-5,7-8,13-14H2,(H,24,26). The van der Waals surface area contributed by atoms with Crippen molar-refractivity contribution >= 4 is 22.9 Å². The van der Waals surface area contributed by atoms with Gasteiger partial charge in [0.05, 0.1) is 5.69 Å². The number of thiazole rings is 1. The van der Waals surface area contributed by atoms with Crippen LogP contribution in [0.4, 0.5) is 5.69 Å². The SMILES string of the molecule is O=C(CCC1CCCC1)Nc1cccc(-c2csc(-c3ccccc3)n2)c1. The Morgan fingerprint density at radius 3 is 2.63 bits per heavy atom. The fourth-order valence-electron chi connectivity index (χ4n) is 3.73. The molecule has 4 heteroatoms. The average Bonchev–Trinajstić information content (AvgIpc) is 3.39. The van der Waals surface area contributed by atoms with Crippen LogP contribution in [-0.4, -0.2) is 10.9 Å². The number of amides is 1. The lowest BCUT2D eigenvalue weighted by atomic mass is 10.0. The summed E-state index contributed by atoms with van der Waals surface area (Å²) >= 11 is 1.64. The van der Waals surface area contributed by atoms with E-state index >= 15 is 0 Å². The van der Waals surface area contributed by atoms with Crippen molar-refractivity contribution in [3.63, 3.8) is 0 Å². The summed E-state index contributed by atoms with van der Waals surface area (Å²) < 4.78 is 0. The second-order valence-electron chi connectivity index (χ2n) is 7.22. The van der Waals surface area contributed by atoms with E-state index in [-0.39, 0.29) is 5.91 Å². The van der Waals surface area contributed by atoms with Gasteiger partial charge in [-0.1, -0.05) is 68.1 Å². The number of nitrogens with zero attached hydrogens (tertiary/aromatic N) is 1. The fraction of sp³-hybridized carbons (Fsp3) is 0.304. The third-order valence-electron chi connectivity index (χ3n) is 5.22. The number of carbonyl (C=O) groups is 1. The topological polar surface area (TPSA) is 42.0 Å². The zero-order valence-corrected chi connectivity index (χ0v) is 16.2. The smallest absolute Gasteiger partial charge is 0.224 e. The summed E-state index contributed by atoms with van der Waals surface area (Å²) in [5, 5.41) is 6.13. The summed E-state index contributed by atoms with van der Waals surface area (Å²) in [6.07, 6.45) is 6.86. The number of anilines is 1. The predicted octanol–water partition coefficient (Wildman–Crippen LogP) is 6.39. The number of benzene rings is 2. The van der Waals surface area contributed by atoms with E-state index < -0.39 is 0 Å². The molecule has 1 amide bonds. The van der Waals surface area contributed by atoms with Gasteiger partial charge < -0.3 is 5.32 Å². The van der Waals surface area contributed by atoms with Crippen LogP contribution in [0.3, 0.4) is 0 Å². The summed E-state index contributed by atoms with van der Waals surface area (Å²) in [7, 11) is 0. The molecule has 1 aliphatic rings. The largest absolute Gasteiger partial charge is 0.326 e. The molecule has 2 aromatic carbocycles. The number of nitrogens with one attached hydrogen (secondary N) is 1. The highest BCUT2D eigenvalue weighted by molar-refractivity contribution is 7.13. The third kappa shape index (κ3) is 4.64. The van der Waals surface area contributed by atoms with Crippen LogP contribution in [0, 0.1) is 5.92 Å². The zero-order chi connectivity index (χ0) is 18.5. The number of carbonyl (C=O) groups excluding carboxylic acids is 1. The highest BCUT2D eigenvalue weighted by Gasteiger charge is 2.16. The van der Waals surface area contributed by atoms with E-state index in [1.807, 2.05) is 42.5 Å². The van der Waals surface area contributed by atoms with Gasteiger partial charge in [-0.05, 0) is 24.5 Å². The second-order valence-corrected chi connectivity index (χ2v) is 8.08. The first-order chi connectivity index (χ1) is 13.3. The Bertz CT molecular complexity index is 898. The molecule has 1 aliphatic carbocycles. The van der Waals surface area contributed by atoms with Crippen molar-refractivity contribution in [1.29, 1.82) is 0 Å². The minimum Gasteiger partial charge on any atom is -0.326 e. The van der Waals surface area contributed by atoms with Gasteiger partial charge in [0, 0.05) is 28.6 Å². The van der Waals surface area contributed by atoms with E-state index in [2.05, 4.69) is 22.8 Å². The first-order valence-electron chi connectivity index (χ1n) is 9.69. The fourth-order valence-corrected chi connectivity index (χ4v) is 4.57. The van der Waals surface area contributed by atoms with Crippen LogP contribution in [0.1, 0.15) is 38.5 Å². The molecule has 27 heavy (non-hydrogen) atoms. The summed E-state index contributed by atoms with van der Waals surface area (Å²) in [4.78, 5) is 17.0. The Hall–Kier alpha value is -2.46. The molecule has 0 saturated heterocycles. The van der Waals surface area contributed by atoms with Gasteiger partial charge >= 0.3 is 0 Å². The first kappa shape index (κ1) is 17.9. The molecule has 0 unspecified atom stereocenters. The minimum atomic E-state index is 0.113. The van der Waals surface area contributed by atoms with Crippen LogP contribution in [0.2, 0.25) is 0 Å². The number of hydrogen-bond acceptors (Lipinski definition) is 3. The van der Waals surface area contributed by atoms with Crippen molar-refractivity contribution in [2.75, 3.05) is 5.32 Å². The van der Waals surface area contributed by atoms with E-state index in [4.69, 9.17) is 4.98 Å². The maximum Gasteiger partial charge on any atom is 0.224 e. The normalized spacial score (nSPS) is 14.4. The lowest BCUT2D eigenvalue weighted by Crippen LogP contribution is -2.12. The maximum absolute atomic E-state index is 12.3. The van der Waals surface area contributed by atoms with E-state index in [1.54, 1.807) is 11.3 Å². The molecule has 138 valence electrons. The molecule has 3 nitrogen and oxygen atoms in total. The lowest BCUT2D eigenvalue weighted by molar-refractivity contribution is -0.116. The molecule has 1 N–H and O–H groups in total. The quantitative estimate of drug-likeness (QED) is 0.542. The summed E-state index contributed by atoms with van der Waals surface area (Å²) in [6.45, 7) is 0. The molecule has 4 rings (SSSR count). The van der Waals surface area contributed by atoms with Gasteiger partial charge in [-0.3, -0.25) is 4.79 Å². The van der Waals surface area contributed by atoms with E-state index in [0.29, 0.717) is 6.42 Å².